The van der Waals surface area contributed by atoms with E-state index in [1.54, 1.807) is 0 Å². The first-order valence-electron chi connectivity index (χ1n) is 21.6. The molecule has 10 aromatic carbocycles. The van der Waals surface area contributed by atoms with Crippen molar-refractivity contribution in [3.05, 3.63) is 249 Å². The summed E-state index contributed by atoms with van der Waals surface area (Å²) >= 11 is 0. The standard InChI is InChI=1S/C60H41N3/c1-3-19-42(20-4-1)47-23-7-8-24-48(47)49-25-9-10-26-50(49)51-27-11-15-31-56(51)61(44-35-37-45(38-36-44)62-57-32-16-12-28-52(57)53-29-13-17-33-58(53)62)46-39-40-55-54-30-14-18-34-59(54)63(60(55)41-46)43-21-5-2-6-22-43/h1-41H. The Morgan fingerprint density at radius 1 is 0.254 bits per heavy atom. The largest absolute Gasteiger partial charge is 0.310 e. The Balaban J connectivity index is 1.09. The zero-order chi connectivity index (χ0) is 41.7. The normalized spacial score (nSPS) is 11.5. The molecule has 0 unspecified atom stereocenters. The second-order valence-corrected chi connectivity index (χ2v) is 16.1. The van der Waals surface area contributed by atoms with Gasteiger partial charge in [0, 0.05) is 49.9 Å². The van der Waals surface area contributed by atoms with Crippen LogP contribution in [0.1, 0.15) is 0 Å². The van der Waals surface area contributed by atoms with Crippen LogP contribution in [-0.2, 0) is 0 Å². The number of hydrogen-bond acceptors (Lipinski definition) is 1. The smallest absolute Gasteiger partial charge is 0.0561 e. The summed E-state index contributed by atoms with van der Waals surface area (Å²) in [5.74, 6) is 0. The van der Waals surface area contributed by atoms with Gasteiger partial charge in [-0.15, -0.1) is 0 Å². The van der Waals surface area contributed by atoms with Gasteiger partial charge in [0.05, 0.1) is 27.8 Å². The predicted octanol–water partition coefficient (Wildman–Crippen LogP) is 16.4. The lowest BCUT2D eigenvalue weighted by molar-refractivity contribution is 1.17. The predicted molar refractivity (Wildman–Crippen MR) is 266 cm³/mol. The highest BCUT2D eigenvalue weighted by atomic mass is 15.1. The molecule has 2 heterocycles. The number of fused-ring (bicyclic) bond motifs is 6. The van der Waals surface area contributed by atoms with E-state index in [2.05, 4.69) is 263 Å². The Labute approximate surface area is 366 Å². The molecular weight excluding hydrogens is 763 g/mol. The zero-order valence-corrected chi connectivity index (χ0v) is 34.5. The number of anilines is 3. The van der Waals surface area contributed by atoms with E-state index in [0.29, 0.717) is 0 Å². The number of para-hydroxylation sites is 5. The molecular formula is C60H41N3. The van der Waals surface area contributed by atoms with Crippen molar-refractivity contribution in [1.29, 1.82) is 0 Å². The molecule has 0 amide bonds. The Kier molecular flexibility index (Phi) is 8.83. The highest BCUT2D eigenvalue weighted by molar-refractivity contribution is 6.11. The topological polar surface area (TPSA) is 13.1 Å². The molecule has 0 aliphatic carbocycles. The molecule has 3 heteroatoms. The van der Waals surface area contributed by atoms with Crippen LogP contribution in [0.2, 0.25) is 0 Å². The maximum absolute atomic E-state index is 2.44. The average molecular weight is 804 g/mol. The van der Waals surface area contributed by atoms with Crippen LogP contribution in [0.25, 0.3) is 88.4 Å². The van der Waals surface area contributed by atoms with Gasteiger partial charge in [-0.1, -0.05) is 176 Å². The summed E-state index contributed by atoms with van der Waals surface area (Å²) in [6, 6.07) is 90.2. The molecule has 0 aliphatic rings. The number of benzene rings is 10. The quantitative estimate of drug-likeness (QED) is 0.149. The third-order valence-corrected chi connectivity index (χ3v) is 12.5. The van der Waals surface area contributed by atoms with Gasteiger partial charge in [-0.2, -0.15) is 0 Å². The number of hydrogen-bond donors (Lipinski definition) is 0. The Morgan fingerprint density at radius 2 is 0.651 bits per heavy atom. The second kappa shape index (κ2) is 15.3. The van der Waals surface area contributed by atoms with E-state index in [4.69, 9.17) is 0 Å². The van der Waals surface area contributed by atoms with Crippen molar-refractivity contribution in [2.24, 2.45) is 0 Å². The lowest BCUT2D eigenvalue weighted by Gasteiger charge is -2.29. The van der Waals surface area contributed by atoms with Crippen molar-refractivity contribution in [2.75, 3.05) is 4.90 Å². The van der Waals surface area contributed by atoms with Gasteiger partial charge in [0.15, 0.2) is 0 Å². The lowest BCUT2D eigenvalue weighted by atomic mass is 9.88. The summed E-state index contributed by atoms with van der Waals surface area (Å²) in [6.07, 6.45) is 0. The molecule has 3 nitrogen and oxygen atoms in total. The molecule has 0 saturated heterocycles. The monoisotopic (exact) mass is 803 g/mol. The first-order chi connectivity index (χ1) is 31.3. The minimum atomic E-state index is 1.07. The van der Waals surface area contributed by atoms with Crippen LogP contribution in [0, 0.1) is 0 Å². The Hall–Kier alpha value is -8.40. The maximum Gasteiger partial charge on any atom is 0.0561 e. The number of rotatable bonds is 8. The number of aromatic nitrogens is 2. The molecule has 0 bridgehead atoms. The molecule has 63 heavy (non-hydrogen) atoms. The number of nitrogens with zero attached hydrogens (tertiary/aromatic N) is 3. The summed E-state index contributed by atoms with van der Waals surface area (Å²) in [6.45, 7) is 0. The van der Waals surface area contributed by atoms with Gasteiger partial charge in [-0.25, -0.2) is 0 Å². The summed E-state index contributed by atoms with van der Waals surface area (Å²) in [7, 11) is 0. The second-order valence-electron chi connectivity index (χ2n) is 16.1. The third-order valence-electron chi connectivity index (χ3n) is 12.5. The van der Waals surface area contributed by atoms with Crippen LogP contribution in [-0.4, -0.2) is 9.13 Å². The van der Waals surface area contributed by atoms with Crippen molar-refractivity contribution in [3.8, 4) is 44.8 Å². The molecule has 12 aromatic rings. The fraction of sp³-hybridized carbons (Fsp3) is 0. The minimum Gasteiger partial charge on any atom is -0.310 e. The maximum atomic E-state index is 2.44. The fourth-order valence-electron chi connectivity index (χ4n) is 9.77. The SMILES string of the molecule is c1ccc(-c2ccccc2-c2ccccc2-c2ccccc2N(c2ccc(-n3c4ccccc4c4ccccc43)cc2)c2ccc3c4ccccc4n(-c4ccccc4)c3c2)cc1. The zero-order valence-electron chi connectivity index (χ0n) is 34.5. The van der Waals surface area contributed by atoms with E-state index < -0.39 is 0 Å². The lowest BCUT2D eigenvalue weighted by Crippen LogP contribution is -2.12. The first-order valence-corrected chi connectivity index (χ1v) is 21.6. The van der Waals surface area contributed by atoms with E-state index >= 15 is 0 Å². The van der Waals surface area contributed by atoms with Gasteiger partial charge in [0.1, 0.15) is 0 Å². The van der Waals surface area contributed by atoms with Crippen molar-refractivity contribution >= 4 is 60.7 Å². The molecule has 0 atom stereocenters. The van der Waals surface area contributed by atoms with E-state index in [1.807, 2.05) is 0 Å². The molecule has 12 rings (SSSR count). The summed E-state index contributed by atoms with van der Waals surface area (Å²) in [5.41, 5.74) is 17.3. The van der Waals surface area contributed by atoms with E-state index in [-0.39, 0.29) is 0 Å². The molecule has 0 aliphatic heterocycles. The van der Waals surface area contributed by atoms with E-state index in [0.717, 1.165) is 39.5 Å². The van der Waals surface area contributed by atoms with Gasteiger partial charge in [0.25, 0.3) is 0 Å². The fourth-order valence-corrected chi connectivity index (χ4v) is 9.77. The van der Waals surface area contributed by atoms with Crippen LogP contribution in [0.4, 0.5) is 17.1 Å². The van der Waals surface area contributed by atoms with Gasteiger partial charge >= 0.3 is 0 Å². The molecule has 0 fully saturated rings. The summed E-state index contributed by atoms with van der Waals surface area (Å²) < 4.78 is 4.79. The minimum absolute atomic E-state index is 1.07. The van der Waals surface area contributed by atoms with Crippen molar-refractivity contribution in [1.82, 2.24) is 9.13 Å². The molecule has 0 N–H and O–H groups in total. The molecule has 2 aromatic heterocycles. The summed E-state index contributed by atoms with van der Waals surface area (Å²) in [4.78, 5) is 2.44. The molecule has 0 spiro atoms. The van der Waals surface area contributed by atoms with E-state index in [9.17, 15) is 0 Å². The van der Waals surface area contributed by atoms with E-state index in [1.165, 1.54) is 65.9 Å². The van der Waals surface area contributed by atoms with Gasteiger partial charge in [0.2, 0.25) is 0 Å². The van der Waals surface area contributed by atoms with Crippen LogP contribution in [0.5, 0.6) is 0 Å². The van der Waals surface area contributed by atoms with Crippen LogP contribution >= 0.6 is 0 Å². The van der Waals surface area contributed by atoms with Gasteiger partial charge in [-0.05, 0) is 101 Å². The summed E-state index contributed by atoms with van der Waals surface area (Å²) in [5, 5.41) is 4.96. The van der Waals surface area contributed by atoms with Gasteiger partial charge in [-0.3, -0.25) is 0 Å². The van der Waals surface area contributed by atoms with Crippen molar-refractivity contribution < 1.29 is 0 Å². The van der Waals surface area contributed by atoms with Crippen molar-refractivity contribution in [3.63, 3.8) is 0 Å². The van der Waals surface area contributed by atoms with Crippen LogP contribution in [0.15, 0.2) is 249 Å². The van der Waals surface area contributed by atoms with Crippen LogP contribution in [0.3, 0.4) is 0 Å². The highest BCUT2D eigenvalue weighted by Crippen LogP contribution is 2.46. The first kappa shape index (κ1) is 36.5. The molecule has 296 valence electrons. The molecule has 0 radical (unpaired) electrons. The highest BCUT2D eigenvalue weighted by Gasteiger charge is 2.22. The third kappa shape index (κ3) is 6.13. The Morgan fingerprint density at radius 3 is 1.25 bits per heavy atom. The average Bonchev–Trinajstić information content (AvgIpc) is 3.88. The van der Waals surface area contributed by atoms with Crippen LogP contribution < -0.4 is 4.90 Å². The van der Waals surface area contributed by atoms with Gasteiger partial charge < -0.3 is 14.0 Å². The Bertz CT molecular complexity index is 3560. The molecule has 0 saturated carbocycles. The van der Waals surface area contributed by atoms with Crippen molar-refractivity contribution in [2.45, 2.75) is 0 Å².